The van der Waals surface area contributed by atoms with Crippen LogP contribution in [0.15, 0.2) is 0 Å². The molecule has 1 unspecified atom stereocenters. The molecule has 0 saturated carbocycles. The number of hydrogen-bond acceptors (Lipinski definition) is 5. The Bertz CT molecular complexity index is 123. The number of ether oxygens (including phenoxy) is 1. The summed E-state index contributed by atoms with van der Waals surface area (Å²) in [5, 5.41) is 16.6. The third-order valence-electron chi connectivity index (χ3n) is 0.677. The van der Waals surface area contributed by atoms with Crippen LogP contribution in [0.2, 0.25) is 0 Å². The normalized spacial score (nSPS) is 11.6. The molecule has 0 aliphatic heterocycles. The summed E-state index contributed by atoms with van der Waals surface area (Å²) < 4.78 is 4.31. The van der Waals surface area contributed by atoms with Gasteiger partial charge >= 0.3 is 5.97 Å². The molecule has 0 radical (unpaired) electrons. The van der Waals surface area contributed by atoms with Crippen LogP contribution in [-0.4, -0.2) is 61.5 Å². The molecule has 1 atom stereocenters. The highest BCUT2D eigenvalue weighted by Crippen LogP contribution is 1.84. The molecule has 0 rings (SSSR count). The molecular formula is C8H19NO4. The average molecular weight is 193 g/mol. The molecular weight excluding hydrogens is 174 g/mol. The van der Waals surface area contributed by atoms with Crippen LogP contribution in [0.4, 0.5) is 0 Å². The van der Waals surface area contributed by atoms with Crippen LogP contribution in [0.3, 0.4) is 0 Å². The van der Waals surface area contributed by atoms with Gasteiger partial charge in [-0.3, -0.25) is 0 Å². The minimum atomic E-state index is -1.10. The second kappa shape index (κ2) is 9.44. The Hall–Kier alpha value is -0.650. The number of carbonyl (C=O) groups is 1. The number of aliphatic hydroxyl groups is 2. The van der Waals surface area contributed by atoms with Crippen molar-refractivity contribution in [2.24, 2.45) is 0 Å². The Morgan fingerprint density at radius 1 is 1.46 bits per heavy atom. The molecule has 5 heteroatoms. The summed E-state index contributed by atoms with van der Waals surface area (Å²) in [6.45, 7) is 1.04. The Labute approximate surface area is 78.9 Å². The number of carbonyl (C=O) groups excluding carboxylic acids is 1. The Morgan fingerprint density at radius 2 is 1.85 bits per heavy atom. The van der Waals surface area contributed by atoms with Crippen LogP contribution >= 0.6 is 0 Å². The van der Waals surface area contributed by atoms with Gasteiger partial charge in [0.25, 0.3) is 0 Å². The van der Waals surface area contributed by atoms with E-state index in [9.17, 15) is 4.79 Å². The minimum Gasteiger partial charge on any atom is -0.461 e. The molecule has 2 N–H and O–H groups in total. The van der Waals surface area contributed by atoms with Crippen LogP contribution in [0.25, 0.3) is 0 Å². The van der Waals surface area contributed by atoms with Crippen LogP contribution in [0.1, 0.15) is 6.92 Å². The minimum absolute atomic E-state index is 0.0519. The SMILES string of the molecule is CC(O)C(=O)OCCO.CN(C)C. The zero-order valence-electron chi connectivity index (χ0n) is 8.65. The van der Waals surface area contributed by atoms with Crippen molar-refractivity contribution in [2.75, 3.05) is 34.4 Å². The van der Waals surface area contributed by atoms with E-state index in [1.807, 2.05) is 26.0 Å². The molecule has 13 heavy (non-hydrogen) atoms. The fourth-order valence-corrected chi connectivity index (χ4v) is 0.267. The number of rotatable bonds is 3. The van der Waals surface area contributed by atoms with E-state index < -0.39 is 12.1 Å². The first-order chi connectivity index (χ1) is 5.91. The molecule has 0 aliphatic carbocycles. The van der Waals surface area contributed by atoms with Gasteiger partial charge in [-0.25, -0.2) is 4.79 Å². The van der Waals surface area contributed by atoms with Gasteiger partial charge in [0.1, 0.15) is 12.7 Å². The summed E-state index contributed by atoms with van der Waals surface area (Å²) in [5.41, 5.74) is 0. The summed E-state index contributed by atoms with van der Waals surface area (Å²) >= 11 is 0. The van der Waals surface area contributed by atoms with E-state index in [1.165, 1.54) is 6.92 Å². The van der Waals surface area contributed by atoms with Gasteiger partial charge in [-0.05, 0) is 28.1 Å². The third kappa shape index (κ3) is 18.4. The first-order valence-corrected chi connectivity index (χ1v) is 3.98. The van der Waals surface area contributed by atoms with Gasteiger partial charge in [-0.1, -0.05) is 0 Å². The second-order valence-electron chi connectivity index (χ2n) is 2.91. The van der Waals surface area contributed by atoms with E-state index in [1.54, 1.807) is 0 Å². The lowest BCUT2D eigenvalue weighted by molar-refractivity contribution is -0.153. The number of nitrogens with zero attached hydrogens (tertiary/aromatic N) is 1. The van der Waals surface area contributed by atoms with Gasteiger partial charge in [0, 0.05) is 0 Å². The van der Waals surface area contributed by atoms with Crippen molar-refractivity contribution in [3.8, 4) is 0 Å². The Balaban J connectivity index is 0. The molecule has 80 valence electrons. The zero-order chi connectivity index (χ0) is 10.9. The smallest absolute Gasteiger partial charge is 0.334 e. The van der Waals surface area contributed by atoms with E-state index >= 15 is 0 Å². The van der Waals surface area contributed by atoms with Gasteiger partial charge in [0.15, 0.2) is 0 Å². The molecule has 0 fully saturated rings. The van der Waals surface area contributed by atoms with Crippen molar-refractivity contribution in [1.82, 2.24) is 4.90 Å². The largest absolute Gasteiger partial charge is 0.461 e. The van der Waals surface area contributed by atoms with Gasteiger partial charge in [-0.2, -0.15) is 0 Å². The number of esters is 1. The molecule has 0 heterocycles. The van der Waals surface area contributed by atoms with Crippen molar-refractivity contribution in [1.29, 1.82) is 0 Å². The first-order valence-electron chi connectivity index (χ1n) is 3.98. The van der Waals surface area contributed by atoms with Gasteiger partial charge < -0.3 is 19.8 Å². The maximum atomic E-state index is 10.3. The maximum absolute atomic E-state index is 10.3. The van der Waals surface area contributed by atoms with Gasteiger partial charge in [-0.15, -0.1) is 0 Å². The maximum Gasteiger partial charge on any atom is 0.334 e. The van der Waals surface area contributed by atoms with Crippen molar-refractivity contribution >= 4 is 5.97 Å². The van der Waals surface area contributed by atoms with Crippen LogP contribution in [-0.2, 0) is 9.53 Å². The van der Waals surface area contributed by atoms with E-state index in [0.29, 0.717) is 0 Å². The Kier molecular flexibility index (Phi) is 10.8. The monoisotopic (exact) mass is 193 g/mol. The van der Waals surface area contributed by atoms with Gasteiger partial charge in [0.2, 0.25) is 0 Å². The molecule has 0 aromatic heterocycles. The standard InChI is InChI=1S/C5H10O4.C3H9N/c1-4(7)5(8)9-3-2-6;1-4(2)3/h4,6-7H,2-3H2,1H3;1-3H3. The molecule has 0 amide bonds. The highest BCUT2D eigenvalue weighted by molar-refractivity contribution is 5.73. The highest BCUT2D eigenvalue weighted by atomic mass is 16.6. The number of hydrogen-bond donors (Lipinski definition) is 2. The van der Waals surface area contributed by atoms with E-state index in [4.69, 9.17) is 10.2 Å². The molecule has 0 bridgehead atoms. The molecule has 0 aromatic rings. The van der Waals surface area contributed by atoms with Crippen molar-refractivity contribution in [3.63, 3.8) is 0 Å². The molecule has 0 aliphatic rings. The summed E-state index contributed by atoms with van der Waals surface area (Å²) in [4.78, 5) is 12.3. The molecule has 0 spiro atoms. The average Bonchev–Trinajstić information content (AvgIpc) is 1.98. The van der Waals surface area contributed by atoms with E-state index in [0.717, 1.165) is 0 Å². The molecule has 0 saturated heterocycles. The van der Waals surface area contributed by atoms with Crippen LogP contribution in [0, 0.1) is 0 Å². The highest BCUT2D eigenvalue weighted by Gasteiger charge is 2.08. The zero-order valence-corrected chi connectivity index (χ0v) is 8.65. The lowest BCUT2D eigenvalue weighted by atomic mass is 10.4. The van der Waals surface area contributed by atoms with Crippen molar-refractivity contribution in [3.05, 3.63) is 0 Å². The van der Waals surface area contributed by atoms with Crippen molar-refractivity contribution < 1.29 is 19.7 Å². The molecule has 5 nitrogen and oxygen atoms in total. The fraction of sp³-hybridized carbons (Fsp3) is 0.875. The lowest BCUT2D eigenvalue weighted by Crippen LogP contribution is -2.20. The summed E-state index contributed by atoms with van der Waals surface area (Å²) in [6, 6.07) is 0. The second-order valence-corrected chi connectivity index (χ2v) is 2.91. The Morgan fingerprint density at radius 3 is 2.08 bits per heavy atom. The van der Waals surface area contributed by atoms with Crippen LogP contribution in [0.5, 0.6) is 0 Å². The predicted molar refractivity (Wildman–Crippen MR) is 49.3 cm³/mol. The topological polar surface area (TPSA) is 70.0 Å². The van der Waals surface area contributed by atoms with E-state index in [-0.39, 0.29) is 13.2 Å². The van der Waals surface area contributed by atoms with Crippen molar-refractivity contribution in [2.45, 2.75) is 13.0 Å². The predicted octanol–water partition coefficient (Wildman–Crippen LogP) is -0.919. The van der Waals surface area contributed by atoms with Crippen LogP contribution < -0.4 is 0 Å². The van der Waals surface area contributed by atoms with Gasteiger partial charge in [0.05, 0.1) is 6.61 Å². The summed E-state index contributed by atoms with van der Waals surface area (Å²) in [6.07, 6.45) is -1.10. The third-order valence-corrected chi connectivity index (χ3v) is 0.677. The van der Waals surface area contributed by atoms with E-state index in [2.05, 4.69) is 4.74 Å². The first kappa shape index (κ1) is 14.9. The molecule has 0 aromatic carbocycles. The number of aliphatic hydroxyl groups excluding tert-OH is 2. The fourth-order valence-electron chi connectivity index (χ4n) is 0.267. The quantitative estimate of drug-likeness (QED) is 0.567. The lowest BCUT2D eigenvalue weighted by Gasteiger charge is -2.02. The summed E-state index contributed by atoms with van der Waals surface area (Å²) in [5.74, 6) is -0.705. The summed E-state index contributed by atoms with van der Waals surface area (Å²) in [7, 11) is 6.00.